The fourth-order valence-corrected chi connectivity index (χ4v) is 0.643. The van der Waals surface area contributed by atoms with Gasteiger partial charge in [0.1, 0.15) is 5.75 Å². The minimum Gasteiger partial charge on any atom is -0.457 e. The quantitative estimate of drug-likeness (QED) is 0.501. The second-order valence-corrected chi connectivity index (χ2v) is 2.12. The van der Waals surface area contributed by atoms with Crippen LogP contribution >= 0.6 is 0 Å². The van der Waals surface area contributed by atoms with E-state index in [0.29, 0.717) is 5.75 Å². The number of ether oxygens (including phenoxy) is 2. The molecule has 0 heterocycles. The molecule has 3 nitrogen and oxygen atoms in total. The molecule has 1 aromatic rings. The van der Waals surface area contributed by atoms with Crippen molar-refractivity contribution >= 4 is 5.97 Å². The summed E-state index contributed by atoms with van der Waals surface area (Å²) in [6, 6.07) is 9.94. The molecule has 0 fully saturated rings. The van der Waals surface area contributed by atoms with Gasteiger partial charge in [0.15, 0.2) is 0 Å². The molecule has 0 aliphatic carbocycles. The fourth-order valence-electron chi connectivity index (χ4n) is 0.643. The summed E-state index contributed by atoms with van der Waals surface area (Å²) < 4.78 is 9.58. The van der Waals surface area contributed by atoms with Crippen molar-refractivity contribution in [3.63, 3.8) is 0 Å². The Balaban J connectivity index is 2.29. The van der Waals surface area contributed by atoms with Crippen molar-refractivity contribution in [1.29, 1.82) is 0 Å². The topological polar surface area (TPSA) is 35.5 Å². The van der Waals surface area contributed by atoms with E-state index >= 15 is 0 Å². The second kappa shape index (κ2) is 4.38. The highest BCUT2D eigenvalue weighted by Gasteiger charge is 1.93. The Bertz CT molecular complexity index is 243. The van der Waals surface area contributed by atoms with Crippen molar-refractivity contribution in [3.05, 3.63) is 30.3 Å². The van der Waals surface area contributed by atoms with Crippen LogP contribution in [0.25, 0.3) is 0 Å². The second-order valence-electron chi connectivity index (χ2n) is 2.12. The van der Waals surface area contributed by atoms with Crippen molar-refractivity contribution in [1.82, 2.24) is 0 Å². The zero-order chi connectivity index (χ0) is 8.81. The summed E-state index contributed by atoms with van der Waals surface area (Å²) >= 11 is 0. The van der Waals surface area contributed by atoms with Gasteiger partial charge in [-0.25, -0.2) is 0 Å². The summed E-state index contributed by atoms with van der Waals surface area (Å²) in [7, 11) is 0. The first-order valence-corrected chi connectivity index (χ1v) is 3.52. The highest BCUT2D eigenvalue weighted by molar-refractivity contribution is 5.65. The van der Waals surface area contributed by atoms with Crippen molar-refractivity contribution in [2.75, 3.05) is 6.79 Å². The van der Waals surface area contributed by atoms with Gasteiger partial charge in [-0.1, -0.05) is 18.2 Å². The molecule has 0 bridgehead atoms. The summed E-state index contributed by atoms with van der Waals surface area (Å²) in [6.07, 6.45) is 0. The van der Waals surface area contributed by atoms with Crippen LogP contribution in [0.4, 0.5) is 0 Å². The van der Waals surface area contributed by atoms with Crippen molar-refractivity contribution in [2.24, 2.45) is 0 Å². The largest absolute Gasteiger partial charge is 0.457 e. The first-order valence-electron chi connectivity index (χ1n) is 3.52. The summed E-state index contributed by atoms with van der Waals surface area (Å²) in [5.41, 5.74) is 0. The molecular formula is C9H9O3. The van der Waals surface area contributed by atoms with Gasteiger partial charge in [-0.15, -0.1) is 0 Å². The van der Waals surface area contributed by atoms with Crippen LogP contribution in [0.1, 0.15) is 6.92 Å². The van der Waals surface area contributed by atoms with E-state index in [1.165, 1.54) is 6.92 Å². The van der Waals surface area contributed by atoms with Crippen LogP contribution in [-0.2, 0) is 9.53 Å². The maximum absolute atomic E-state index is 10.3. The summed E-state index contributed by atoms with van der Waals surface area (Å²) in [5, 5.41) is 0. The standard InChI is InChI=1S/C9H9O3/c1-8(10)11-7-12-9-5-3-2-4-6-9/h2-5H,7H2,1H3. The van der Waals surface area contributed by atoms with Crippen LogP contribution in [0.3, 0.4) is 0 Å². The molecule has 0 atom stereocenters. The molecule has 0 aliphatic heterocycles. The van der Waals surface area contributed by atoms with Gasteiger partial charge in [-0.3, -0.25) is 4.79 Å². The van der Waals surface area contributed by atoms with Gasteiger partial charge in [0.05, 0.1) is 0 Å². The van der Waals surface area contributed by atoms with Gasteiger partial charge in [0.2, 0.25) is 6.79 Å². The van der Waals surface area contributed by atoms with E-state index in [2.05, 4.69) is 10.8 Å². The van der Waals surface area contributed by atoms with Crippen molar-refractivity contribution in [3.8, 4) is 5.75 Å². The van der Waals surface area contributed by atoms with E-state index in [4.69, 9.17) is 4.74 Å². The molecule has 12 heavy (non-hydrogen) atoms. The molecule has 0 spiro atoms. The Morgan fingerprint density at radius 1 is 1.58 bits per heavy atom. The molecule has 0 N–H and O–H groups in total. The van der Waals surface area contributed by atoms with E-state index < -0.39 is 0 Å². The van der Waals surface area contributed by atoms with Gasteiger partial charge in [0, 0.05) is 13.0 Å². The molecule has 0 unspecified atom stereocenters. The lowest BCUT2D eigenvalue weighted by atomic mass is 10.3. The number of carbonyl (C=O) groups excluding carboxylic acids is 1. The summed E-state index contributed by atoms with van der Waals surface area (Å²) in [5.74, 6) is 0.213. The molecular weight excluding hydrogens is 156 g/mol. The molecule has 63 valence electrons. The number of para-hydroxylation sites is 1. The average Bonchev–Trinajstić information content (AvgIpc) is 2.05. The number of rotatable bonds is 3. The molecule has 1 aromatic carbocycles. The van der Waals surface area contributed by atoms with Crippen molar-refractivity contribution < 1.29 is 14.3 Å². The maximum Gasteiger partial charge on any atom is 0.305 e. The lowest BCUT2D eigenvalue weighted by molar-refractivity contribution is -0.147. The smallest absolute Gasteiger partial charge is 0.305 e. The highest BCUT2D eigenvalue weighted by Crippen LogP contribution is 2.06. The Labute approximate surface area is 70.9 Å². The maximum atomic E-state index is 10.3. The molecule has 1 radical (unpaired) electrons. The number of benzene rings is 1. The zero-order valence-corrected chi connectivity index (χ0v) is 6.74. The van der Waals surface area contributed by atoms with E-state index in [1.807, 2.05) is 12.1 Å². The highest BCUT2D eigenvalue weighted by atomic mass is 16.7. The van der Waals surface area contributed by atoms with Crippen LogP contribution in [0, 0.1) is 6.07 Å². The lowest BCUT2D eigenvalue weighted by Gasteiger charge is -2.03. The number of hydrogen-bond donors (Lipinski definition) is 0. The first kappa shape index (κ1) is 8.59. The van der Waals surface area contributed by atoms with Gasteiger partial charge in [-0.2, -0.15) is 0 Å². The third-order valence-corrected chi connectivity index (χ3v) is 1.16. The van der Waals surface area contributed by atoms with Gasteiger partial charge in [0.25, 0.3) is 0 Å². The molecule has 3 heteroatoms. The zero-order valence-electron chi connectivity index (χ0n) is 6.74. The molecule has 0 saturated heterocycles. The van der Waals surface area contributed by atoms with Crippen LogP contribution in [-0.4, -0.2) is 12.8 Å². The van der Waals surface area contributed by atoms with E-state index in [1.54, 1.807) is 12.1 Å². The monoisotopic (exact) mass is 165 g/mol. The lowest BCUT2D eigenvalue weighted by Crippen LogP contribution is -2.06. The Morgan fingerprint density at radius 3 is 3.00 bits per heavy atom. The Morgan fingerprint density at radius 2 is 2.42 bits per heavy atom. The van der Waals surface area contributed by atoms with Crippen LogP contribution in [0.15, 0.2) is 24.3 Å². The van der Waals surface area contributed by atoms with Crippen molar-refractivity contribution in [2.45, 2.75) is 6.92 Å². The summed E-state index contributed by atoms with van der Waals surface area (Å²) in [4.78, 5) is 10.3. The predicted molar refractivity (Wildman–Crippen MR) is 42.5 cm³/mol. The van der Waals surface area contributed by atoms with Gasteiger partial charge >= 0.3 is 5.97 Å². The Hall–Kier alpha value is -1.51. The SMILES string of the molecule is CC(=O)OCOc1[c]cccc1. The van der Waals surface area contributed by atoms with Gasteiger partial charge < -0.3 is 9.47 Å². The van der Waals surface area contributed by atoms with E-state index in [-0.39, 0.29) is 12.8 Å². The molecule has 0 amide bonds. The molecule has 0 aromatic heterocycles. The van der Waals surface area contributed by atoms with Crippen LogP contribution in [0.5, 0.6) is 5.75 Å². The Kier molecular flexibility index (Phi) is 3.14. The van der Waals surface area contributed by atoms with Crippen LogP contribution < -0.4 is 4.74 Å². The molecule has 0 aliphatic rings. The fraction of sp³-hybridized carbons (Fsp3) is 0.222. The summed E-state index contributed by atoms with van der Waals surface area (Å²) in [6.45, 7) is 1.27. The number of hydrogen-bond acceptors (Lipinski definition) is 3. The first-order chi connectivity index (χ1) is 5.79. The number of carbonyl (C=O) groups is 1. The van der Waals surface area contributed by atoms with E-state index in [0.717, 1.165) is 0 Å². The third kappa shape index (κ3) is 3.05. The van der Waals surface area contributed by atoms with E-state index in [9.17, 15) is 4.79 Å². The molecule has 0 saturated carbocycles. The van der Waals surface area contributed by atoms with Gasteiger partial charge in [-0.05, 0) is 6.07 Å². The minimum absolute atomic E-state index is 0.0597. The average molecular weight is 165 g/mol. The van der Waals surface area contributed by atoms with Crippen LogP contribution in [0.2, 0.25) is 0 Å². The normalized spacial score (nSPS) is 9.08. The molecule has 1 rings (SSSR count). The predicted octanol–water partition coefficient (Wildman–Crippen LogP) is 1.39. The number of esters is 1. The minimum atomic E-state index is -0.356. The third-order valence-electron chi connectivity index (χ3n) is 1.16.